The average molecular weight is 220 g/mol. The van der Waals surface area contributed by atoms with Crippen LogP contribution in [0, 0.1) is 0 Å². The Bertz CT molecular complexity index is 477. The average Bonchev–Trinajstić information content (AvgIpc) is 2.72. The van der Waals surface area contributed by atoms with Crippen molar-refractivity contribution in [3.63, 3.8) is 0 Å². The first-order valence-corrected chi connectivity index (χ1v) is 5.91. The van der Waals surface area contributed by atoms with E-state index in [0.29, 0.717) is 6.42 Å². The van der Waals surface area contributed by atoms with Crippen molar-refractivity contribution in [2.75, 3.05) is 7.05 Å². The first-order valence-electron chi connectivity index (χ1n) is 5.03. The summed E-state index contributed by atoms with van der Waals surface area (Å²) in [4.78, 5) is 19.3. The Morgan fingerprint density at radius 1 is 1.60 bits per heavy atom. The fourth-order valence-electron chi connectivity index (χ4n) is 2.64. The SMILES string of the molecule is CN1C(=O)C[C@]2(C)C1=CCc1scnc12. The normalized spacial score (nSPS) is 28.8. The molecular weight excluding hydrogens is 208 g/mol. The second kappa shape index (κ2) is 2.70. The molecule has 1 aromatic heterocycles. The summed E-state index contributed by atoms with van der Waals surface area (Å²) in [5, 5.41) is 0. The molecule has 0 bridgehead atoms. The molecule has 1 aliphatic carbocycles. The lowest BCUT2D eigenvalue weighted by Gasteiger charge is -2.29. The molecule has 0 radical (unpaired) electrons. The van der Waals surface area contributed by atoms with Crippen molar-refractivity contribution in [2.24, 2.45) is 0 Å². The Morgan fingerprint density at radius 3 is 3.20 bits per heavy atom. The minimum Gasteiger partial charge on any atom is -0.319 e. The van der Waals surface area contributed by atoms with Gasteiger partial charge in [-0.25, -0.2) is 4.98 Å². The predicted molar refractivity (Wildman–Crippen MR) is 58.6 cm³/mol. The Balaban J connectivity index is 2.20. The van der Waals surface area contributed by atoms with Crippen molar-refractivity contribution in [3.8, 4) is 0 Å². The van der Waals surface area contributed by atoms with E-state index in [1.54, 1.807) is 16.2 Å². The molecule has 0 N–H and O–H groups in total. The number of thiazole rings is 1. The molecule has 1 fully saturated rings. The summed E-state index contributed by atoms with van der Waals surface area (Å²) < 4.78 is 0. The summed E-state index contributed by atoms with van der Waals surface area (Å²) in [5.41, 5.74) is 3.96. The van der Waals surface area contributed by atoms with Crippen molar-refractivity contribution < 1.29 is 4.79 Å². The standard InChI is InChI=1S/C11H12N2OS/c1-11-5-9(14)13(2)8(11)4-3-7-10(11)12-6-15-7/h4,6H,3,5H2,1-2H3/t11-/m1/s1. The van der Waals surface area contributed by atoms with Gasteiger partial charge in [0.05, 0.1) is 16.6 Å². The van der Waals surface area contributed by atoms with E-state index in [2.05, 4.69) is 18.0 Å². The zero-order valence-electron chi connectivity index (χ0n) is 8.78. The van der Waals surface area contributed by atoms with E-state index < -0.39 is 0 Å². The second-order valence-corrected chi connectivity index (χ2v) is 5.32. The highest BCUT2D eigenvalue weighted by Gasteiger charge is 2.47. The van der Waals surface area contributed by atoms with Crippen molar-refractivity contribution in [3.05, 3.63) is 27.9 Å². The Labute approximate surface area is 92.4 Å². The molecule has 0 saturated carbocycles. The largest absolute Gasteiger partial charge is 0.319 e. The van der Waals surface area contributed by atoms with Gasteiger partial charge in [0.1, 0.15) is 0 Å². The van der Waals surface area contributed by atoms with E-state index in [4.69, 9.17) is 0 Å². The maximum absolute atomic E-state index is 11.7. The van der Waals surface area contributed by atoms with E-state index in [1.807, 2.05) is 12.6 Å². The molecule has 1 aromatic rings. The molecule has 2 aliphatic rings. The van der Waals surface area contributed by atoms with Gasteiger partial charge in [0.15, 0.2) is 0 Å². The Kier molecular flexibility index (Phi) is 1.63. The smallest absolute Gasteiger partial charge is 0.227 e. The molecule has 2 heterocycles. The molecule has 1 saturated heterocycles. The summed E-state index contributed by atoms with van der Waals surface area (Å²) in [7, 11) is 1.86. The van der Waals surface area contributed by atoms with Gasteiger partial charge in [-0.05, 0) is 6.92 Å². The highest BCUT2D eigenvalue weighted by atomic mass is 32.1. The van der Waals surface area contributed by atoms with Gasteiger partial charge >= 0.3 is 0 Å². The maximum atomic E-state index is 11.7. The number of hydrogen-bond acceptors (Lipinski definition) is 3. The van der Waals surface area contributed by atoms with Crippen LogP contribution in [0.3, 0.4) is 0 Å². The van der Waals surface area contributed by atoms with Crippen LogP contribution in [-0.2, 0) is 16.6 Å². The third-order valence-electron chi connectivity index (χ3n) is 3.45. The molecule has 78 valence electrons. The lowest BCUT2D eigenvalue weighted by molar-refractivity contribution is -0.125. The Hall–Kier alpha value is -1.16. The summed E-state index contributed by atoms with van der Waals surface area (Å²) in [6, 6.07) is 0. The number of amides is 1. The van der Waals surface area contributed by atoms with Gasteiger partial charge < -0.3 is 4.90 Å². The van der Waals surface area contributed by atoms with Crippen LogP contribution in [0.1, 0.15) is 23.9 Å². The zero-order chi connectivity index (χ0) is 10.6. The van der Waals surface area contributed by atoms with Crippen LogP contribution in [-0.4, -0.2) is 22.8 Å². The lowest BCUT2D eigenvalue weighted by Crippen LogP contribution is -2.28. The van der Waals surface area contributed by atoms with Gasteiger partial charge in [-0.15, -0.1) is 11.3 Å². The zero-order valence-corrected chi connectivity index (χ0v) is 9.60. The van der Waals surface area contributed by atoms with E-state index in [-0.39, 0.29) is 11.3 Å². The molecule has 4 heteroatoms. The highest BCUT2D eigenvalue weighted by Crippen LogP contribution is 2.46. The number of aromatic nitrogens is 1. The minimum atomic E-state index is -0.167. The van der Waals surface area contributed by atoms with E-state index in [9.17, 15) is 4.79 Å². The molecule has 0 unspecified atom stereocenters. The maximum Gasteiger partial charge on any atom is 0.227 e. The number of carbonyl (C=O) groups excluding carboxylic acids is 1. The van der Waals surface area contributed by atoms with Gasteiger partial charge in [-0.3, -0.25) is 4.79 Å². The number of allylic oxidation sites excluding steroid dienone is 2. The number of likely N-dealkylation sites (N-methyl/N-ethyl adjacent to an activating group) is 1. The van der Waals surface area contributed by atoms with Crippen LogP contribution in [0.15, 0.2) is 17.3 Å². The number of nitrogens with zero attached hydrogens (tertiary/aromatic N) is 2. The number of likely N-dealkylation sites (tertiary alicyclic amines) is 1. The monoisotopic (exact) mass is 220 g/mol. The highest BCUT2D eigenvalue weighted by molar-refractivity contribution is 7.09. The first kappa shape index (κ1) is 9.09. The van der Waals surface area contributed by atoms with Crippen LogP contribution in [0.25, 0.3) is 0 Å². The summed E-state index contributed by atoms with van der Waals surface area (Å²) in [5.74, 6) is 0.199. The van der Waals surface area contributed by atoms with Gasteiger partial charge in [-0.2, -0.15) is 0 Å². The molecule has 0 aromatic carbocycles. The van der Waals surface area contributed by atoms with Gasteiger partial charge in [0.2, 0.25) is 5.91 Å². The predicted octanol–water partition coefficient (Wildman–Crippen LogP) is 1.70. The van der Waals surface area contributed by atoms with Crippen molar-refractivity contribution >= 4 is 17.2 Å². The topological polar surface area (TPSA) is 33.2 Å². The lowest BCUT2D eigenvalue weighted by atomic mass is 9.78. The quantitative estimate of drug-likeness (QED) is 0.666. The second-order valence-electron chi connectivity index (χ2n) is 4.38. The van der Waals surface area contributed by atoms with Gasteiger partial charge in [0.25, 0.3) is 0 Å². The molecule has 3 nitrogen and oxygen atoms in total. The Morgan fingerprint density at radius 2 is 2.40 bits per heavy atom. The van der Waals surface area contributed by atoms with Gasteiger partial charge in [-0.1, -0.05) is 6.08 Å². The van der Waals surface area contributed by atoms with Crippen LogP contribution < -0.4 is 0 Å². The first-order chi connectivity index (χ1) is 7.13. The number of fused-ring (bicyclic) bond motifs is 3. The molecular formula is C11H12N2OS. The van der Waals surface area contributed by atoms with E-state index in [0.717, 1.165) is 17.8 Å². The third-order valence-corrected chi connectivity index (χ3v) is 4.31. The summed E-state index contributed by atoms with van der Waals surface area (Å²) >= 11 is 1.69. The summed E-state index contributed by atoms with van der Waals surface area (Å²) in [6.07, 6.45) is 3.65. The third kappa shape index (κ3) is 1.00. The summed E-state index contributed by atoms with van der Waals surface area (Å²) in [6.45, 7) is 2.12. The van der Waals surface area contributed by atoms with Crippen molar-refractivity contribution in [2.45, 2.75) is 25.2 Å². The van der Waals surface area contributed by atoms with E-state index >= 15 is 0 Å². The number of rotatable bonds is 0. The van der Waals surface area contributed by atoms with Crippen LogP contribution in [0.4, 0.5) is 0 Å². The van der Waals surface area contributed by atoms with Crippen LogP contribution in [0.2, 0.25) is 0 Å². The number of carbonyl (C=O) groups is 1. The molecule has 1 amide bonds. The number of hydrogen-bond donors (Lipinski definition) is 0. The van der Waals surface area contributed by atoms with Crippen LogP contribution >= 0.6 is 11.3 Å². The van der Waals surface area contributed by atoms with E-state index in [1.165, 1.54) is 4.88 Å². The van der Waals surface area contributed by atoms with Crippen molar-refractivity contribution in [1.29, 1.82) is 0 Å². The van der Waals surface area contributed by atoms with Crippen molar-refractivity contribution in [1.82, 2.24) is 9.88 Å². The molecule has 0 spiro atoms. The fourth-order valence-corrected chi connectivity index (χ4v) is 3.49. The molecule has 1 aliphatic heterocycles. The fraction of sp³-hybridized carbons (Fsp3) is 0.455. The van der Waals surface area contributed by atoms with Crippen LogP contribution in [0.5, 0.6) is 0 Å². The molecule has 3 rings (SSSR count). The van der Waals surface area contributed by atoms with Gasteiger partial charge in [0, 0.05) is 30.5 Å². The molecule has 1 atom stereocenters. The molecule has 15 heavy (non-hydrogen) atoms. The minimum absolute atomic E-state index is 0.167.